The summed E-state index contributed by atoms with van der Waals surface area (Å²) in [4.78, 5) is 24.0. The average molecular weight is 301 g/mol. The summed E-state index contributed by atoms with van der Waals surface area (Å²) >= 11 is 5.88. The lowest BCUT2D eigenvalue weighted by molar-refractivity contribution is -0.124. The lowest BCUT2D eigenvalue weighted by Gasteiger charge is -2.26. The average Bonchev–Trinajstić information content (AvgIpc) is 2.77. The van der Waals surface area contributed by atoms with E-state index in [1.807, 2.05) is 42.5 Å². The maximum absolute atomic E-state index is 12.4. The monoisotopic (exact) mass is 300 g/mol. The third kappa shape index (κ3) is 2.50. The van der Waals surface area contributed by atoms with Crippen molar-refractivity contribution in [2.45, 2.75) is 12.0 Å². The molecule has 0 unspecified atom stereocenters. The van der Waals surface area contributed by atoms with Crippen LogP contribution in [-0.2, 0) is 16.8 Å². The second-order valence-corrected chi connectivity index (χ2v) is 5.42. The molecule has 0 radical (unpaired) electrons. The van der Waals surface area contributed by atoms with E-state index < -0.39 is 11.6 Å². The standard InChI is InChI=1S/C16H13ClN2O2/c17-13-8-6-11(7-9-13)10-16(12-4-2-1-3-5-12)14(20)18-15(21)19-16/h1-9H,10H2,(H2,18,19,20,21)/t16-/m0/s1. The number of nitrogens with one attached hydrogen (secondary N) is 2. The predicted molar refractivity (Wildman–Crippen MR) is 80.0 cm³/mol. The zero-order valence-corrected chi connectivity index (χ0v) is 11.9. The molecule has 106 valence electrons. The number of halogens is 1. The molecule has 0 spiro atoms. The van der Waals surface area contributed by atoms with E-state index in [-0.39, 0.29) is 5.91 Å². The summed E-state index contributed by atoms with van der Waals surface area (Å²) in [6, 6.07) is 16.0. The van der Waals surface area contributed by atoms with E-state index in [9.17, 15) is 9.59 Å². The summed E-state index contributed by atoms with van der Waals surface area (Å²) in [5.74, 6) is -0.339. The number of carbonyl (C=O) groups excluding carboxylic acids is 2. The van der Waals surface area contributed by atoms with Gasteiger partial charge >= 0.3 is 6.03 Å². The lowest BCUT2D eigenvalue weighted by atomic mass is 9.84. The van der Waals surface area contributed by atoms with E-state index in [1.165, 1.54) is 0 Å². The van der Waals surface area contributed by atoms with Gasteiger partial charge in [0.2, 0.25) is 0 Å². The molecule has 1 saturated heterocycles. The van der Waals surface area contributed by atoms with Crippen molar-refractivity contribution in [3.63, 3.8) is 0 Å². The first-order valence-electron chi connectivity index (χ1n) is 6.54. The molecule has 2 aromatic carbocycles. The second kappa shape index (κ2) is 5.22. The molecule has 0 saturated carbocycles. The highest BCUT2D eigenvalue weighted by molar-refractivity contribution is 6.30. The molecule has 1 aliphatic rings. The summed E-state index contributed by atoms with van der Waals surface area (Å²) in [5, 5.41) is 5.72. The van der Waals surface area contributed by atoms with Gasteiger partial charge in [0.25, 0.3) is 5.91 Å². The molecule has 5 heteroatoms. The van der Waals surface area contributed by atoms with Gasteiger partial charge in [-0.25, -0.2) is 4.79 Å². The number of hydrogen-bond acceptors (Lipinski definition) is 2. The van der Waals surface area contributed by atoms with Gasteiger partial charge < -0.3 is 5.32 Å². The van der Waals surface area contributed by atoms with Crippen LogP contribution in [0.25, 0.3) is 0 Å². The fourth-order valence-corrected chi connectivity index (χ4v) is 2.68. The summed E-state index contributed by atoms with van der Waals surface area (Å²) in [7, 11) is 0. The largest absolute Gasteiger partial charge is 0.322 e. The number of benzene rings is 2. The fraction of sp³-hybridized carbons (Fsp3) is 0.125. The Labute approximate surface area is 127 Å². The molecular weight excluding hydrogens is 288 g/mol. The molecule has 2 aromatic rings. The Hall–Kier alpha value is -2.33. The SMILES string of the molecule is O=C1NC(=O)[C@](Cc2ccc(Cl)cc2)(c2ccccc2)N1. The van der Waals surface area contributed by atoms with Crippen LogP contribution in [0.2, 0.25) is 5.02 Å². The first kappa shape index (κ1) is 13.6. The molecule has 1 fully saturated rings. The van der Waals surface area contributed by atoms with Crippen LogP contribution < -0.4 is 10.6 Å². The van der Waals surface area contributed by atoms with Gasteiger partial charge in [-0.2, -0.15) is 0 Å². The number of amides is 3. The predicted octanol–water partition coefficient (Wildman–Crippen LogP) is 2.62. The van der Waals surface area contributed by atoms with Crippen molar-refractivity contribution in [2.75, 3.05) is 0 Å². The van der Waals surface area contributed by atoms with Gasteiger partial charge in [-0.15, -0.1) is 0 Å². The molecule has 0 bridgehead atoms. The molecule has 1 heterocycles. The van der Waals surface area contributed by atoms with Crippen LogP contribution in [0.4, 0.5) is 4.79 Å². The Kier molecular flexibility index (Phi) is 3.39. The fourth-order valence-electron chi connectivity index (χ4n) is 2.55. The molecular formula is C16H13ClN2O2. The topological polar surface area (TPSA) is 58.2 Å². The van der Waals surface area contributed by atoms with Gasteiger partial charge in [-0.3, -0.25) is 10.1 Å². The Morgan fingerprint density at radius 1 is 0.952 bits per heavy atom. The number of imide groups is 1. The Balaban J connectivity index is 2.03. The van der Waals surface area contributed by atoms with Crippen molar-refractivity contribution in [3.8, 4) is 0 Å². The van der Waals surface area contributed by atoms with Crippen molar-refractivity contribution >= 4 is 23.5 Å². The second-order valence-electron chi connectivity index (χ2n) is 4.98. The van der Waals surface area contributed by atoms with E-state index in [2.05, 4.69) is 10.6 Å². The van der Waals surface area contributed by atoms with Crippen molar-refractivity contribution in [3.05, 3.63) is 70.7 Å². The van der Waals surface area contributed by atoms with Crippen LogP contribution in [-0.4, -0.2) is 11.9 Å². The summed E-state index contributed by atoms with van der Waals surface area (Å²) in [6.07, 6.45) is 0.367. The van der Waals surface area contributed by atoms with Crippen LogP contribution in [0.1, 0.15) is 11.1 Å². The molecule has 4 nitrogen and oxygen atoms in total. The lowest BCUT2D eigenvalue weighted by Crippen LogP contribution is -2.45. The van der Waals surface area contributed by atoms with Gasteiger partial charge in [0, 0.05) is 11.4 Å². The minimum atomic E-state index is -1.08. The number of rotatable bonds is 3. The minimum absolute atomic E-state index is 0.339. The van der Waals surface area contributed by atoms with Gasteiger partial charge in [-0.1, -0.05) is 54.1 Å². The molecule has 0 aliphatic carbocycles. The molecule has 2 N–H and O–H groups in total. The van der Waals surface area contributed by atoms with Crippen LogP contribution in [0.3, 0.4) is 0 Å². The maximum Gasteiger partial charge on any atom is 0.322 e. The van der Waals surface area contributed by atoms with Gasteiger partial charge in [0.05, 0.1) is 0 Å². The van der Waals surface area contributed by atoms with E-state index in [4.69, 9.17) is 11.6 Å². The van der Waals surface area contributed by atoms with Crippen LogP contribution in [0.5, 0.6) is 0 Å². The first-order valence-corrected chi connectivity index (χ1v) is 6.91. The van der Waals surface area contributed by atoms with Gasteiger partial charge in [0.15, 0.2) is 5.54 Å². The van der Waals surface area contributed by atoms with Gasteiger partial charge in [0.1, 0.15) is 0 Å². The molecule has 1 aliphatic heterocycles. The van der Waals surface area contributed by atoms with Crippen molar-refractivity contribution < 1.29 is 9.59 Å². The summed E-state index contributed by atoms with van der Waals surface area (Å²) in [5.41, 5.74) is 0.593. The van der Waals surface area contributed by atoms with Crippen LogP contribution in [0, 0.1) is 0 Å². The van der Waals surface area contributed by atoms with Crippen molar-refractivity contribution in [2.24, 2.45) is 0 Å². The normalized spacial score (nSPS) is 21.0. The first-order chi connectivity index (χ1) is 10.1. The quantitative estimate of drug-likeness (QED) is 0.856. The summed E-state index contributed by atoms with van der Waals surface area (Å²) < 4.78 is 0. The van der Waals surface area contributed by atoms with Crippen molar-refractivity contribution in [1.29, 1.82) is 0 Å². The third-order valence-electron chi connectivity index (χ3n) is 3.59. The van der Waals surface area contributed by atoms with E-state index >= 15 is 0 Å². The third-order valence-corrected chi connectivity index (χ3v) is 3.84. The molecule has 0 aromatic heterocycles. The Morgan fingerprint density at radius 3 is 2.19 bits per heavy atom. The zero-order chi connectivity index (χ0) is 14.9. The van der Waals surface area contributed by atoms with Crippen LogP contribution >= 0.6 is 11.6 Å². The van der Waals surface area contributed by atoms with Crippen LogP contribution in [0.15, 0.2) is 54.6 Å². The maximum atomic E-state index is 12.4. The molecule has 3 amide bonds. The zero-order valence-electron chi connectivity index (χ0n) is 11.1. The van der Waals surface area contributed by atoms with E-state index in [0.717, 1.165) is 11.1 Å². The Bertz CT molecular complexity index is 685. The number of urea groups is 1. The molecule has 1 atom stereocenters. The molecule has 3 rings (SSSR count). The molecule has 21 heavy (non-hydrogen) atoms. The Morgan fingerprint density at radius 2 is 1.62 bits per heavy atom. The van der Waals surface area contributed by atoms with E-state index in [1.54, 1.807) is 12.1 Å². The highest BCUT2D eigenvalue weighted by Gasteiger charge is 2.47. The highest BCUT2D eigenvalue weighted by Crippen LogP contribution is 2.29. The number of hydrogen-bond donors (Lipinski definition) is 2. The van der Waals surface area contributed by atoms with Crippen molar-refractivity contribution in [1.82, 2.24) is 10.6 Å². The number of carbonyl (C=O) groups is 2. The smallest absolute Gasteiger partial charge is 0.319 e. The van der Waals surface area contributed by atoms with E-state index in [0.29, 0.717) is 11.4 Å². The highest BCUT2D eigenvalue weighted by atomic mass is 35.5. The van der Waals surface area contributed by atoms with Gasteiger partial charge in [-0.05, 0) is 23.3 Å². The minimum Gasteiger partial charge on any atom is -0.319 e. The summed E-state index contributed by atoms with van der Waals surface area (Å²) in [6.45, 7) is 0.